The maximum Gasteiger partial charge on any atom is 0.338 e. The average molecular weight is 231 g/mol. The Labute approximate surface area is 101 Å². The molecular weight excluding hydrogens is 214 g/mol. The summed E-state index contributed by atoms with van der Waals surface area (Å²) in [4.78, 5) is 11.7. The van der Waals surface area contributed by atoms with E-state index in [0.717, 1.165) is 10.9 Å². The minimum absolute atomic E-state index is 0.254. The van der Waals surface area contributed by atoms with Crippen molar-refractivity contribution in [2.45, 2.75) is 20.8 Å². The lowest BCUT2D eigenvalue weighted by Gasteiger charge is -2.02. The standard InChI is InChI=1S/C14H17NO2/c1-5-17-14(16)11-6-7-13-12(8-11)9(2)10(3)15(13)4/h6-8H,5H2,1-4H3. The second-order valence-electron chi connectivity index (χ2n) is 4.22. The minimum Gasteiger partial charge on any atom is -0.462 e. The molecule has 90 valence electrons. The van der Waals surface area contributed by atoms with Crippen molar-refractivity contribution in [2.24, 2.45) is 7.05 Å². The third-order valence-electron chi connectivity index (χ3n) is 3.32. The van der Waals surface area contributed by atoms with Crippen LogP contribution in [-0.4, -0.2) is 17.1 Å². The highest BCUT2D eigenvalue weighted by Crippen LogP contribution is 2.25. The summed E-state index contributed by atoms with van der Waals surface area (Å²) in [7, 11) is 2.04. The number of aromatic nitrogens is 1. The summed E-state index contributed by atoms with van der Waals surface area (Å²) >= 11 is 0. The summed E-state index contributed by atoms with van der Waals surface area (Å²) in [6.45, 7) is 6.38. The van der Waals surface area contributed by atoms with E-state index in [1.807, 2.05) is 32.2 Å². The maximum atomic E-state index is 11.7. The Morgan fingerprint density at radius 1 is 1.35 bits per heavy atom. The zero-order valence-electron chi connectivity index (χ0n) is 10.7. The van der Waals surface area contributed by atoms with E-state index in [9.17, 15) is 4.79 Å². The number of aryl methyl sites for hydroxylation is 2. The quantitative estimate of drug-likeness (QED) is 0.744. The summed E-state index contributed by atoms with van der Waals surface area (Å²) in [5.74, 6) is -0.254. The van der Waals surface area contributed by atoms with E-state index in [0.29, 0.717) is 12.2 Å². The monoisotopic (exact) mass is 231 g/mol. The molecule has 0 N–H and O–H groups in total. The lowest BCUT2D eigenvalue weighted by Crippen LogP contribution is -2.04. The number of carbonyl (C=O) groups is 1. The maximum absolute atomic E-state index is 11.7. The highest BCUT2D eigenvalue weighted by Gasteiger charge is 2.12. The minimum atomic E-state index is -0.254. The van der Waals surface area contributed by atoms with E-state index in [2.05, 4.69) is 18.4 Å². The number of nitrogens with zero attached hydrogens (tertiary/aromatic N) is 1. The molecule has 2 aromatic rings. The Morgan fingerprint density at radius 2 is 2.06 bits per heavy atom. The molecule has 3 heteroatoms. The fourth-order valence-corrected chi connectivity index (χ4v) is 2.10. The lowest BCUT2D eigenvalue weighted by molar-refractivity contribution is 0.0526. The second kappa shape index (κ2) is 4.24. The molecule has 0 unspecified atom stereocenters. The SMILES string of the molecule is CCOC(=O)c1ccc2c(c1)c(C)c(C)n2C. The van der Waals surface area contributed by atoms with Crippen LogP contribution < -0.4 is 0 Å². The van der Waals surface area contributed by atoms with Crippen LogP contribution in [0.2, 0.25) is 0 Å². The van der Waals surface area contributed by atoms with E-state index < -0.39 is 0 Å². The Balaban J connectivity index is 2.58. The van der Waals surface area contributed by atoms with Gasteiger partial charge in [-0.25, -0.2) is 4.79 Å². The van der Waals surface area contributed by atoms with Gasteiger partial charge < -0.3 is 9.30 Å². The van der Waals surface area contributed by atoms with Gasteiger partial charge in [-0.1, -0.05) is 0 Å². The van der Waals surface area contributed by atoms with Gasteiger partial charge in [-0.2, -0.15) is 0 Å². The first-order valence-corrected chi connectivity index (χ1v) is 5.79. The molecule has 0 atom stereocenters. The molecule has 0 aliphatic rings. The van der Waals surface area contributed by atoms with Crippen LogP contribution in [-0.2, 0) is 11.8 Å². The molecule has 0 saturated carbocycles. The van der Waals surface area contributed by atoms with Crippen LogP contribution in [0.5, 0.6) is 0 Å². The first-order valence-electron chi connectivity index (χ1n) is 5.79. The molecule has 17 heavy (non-hydrogen) atoms. The van der Waals surface area contributed by atoms with Crippen molar-refractivity contribution in [1.82, 2.24) is 4.57 Å². The molecule has 1 heterocycles. The van der Waals surface area contributed by atoms with Crippen molar-refractivity contribution >= 4 is 16.9 Å². The van der Waals surface area contributed by atoms with Gasteiger partial charge in [0.05, 0.1) is 12.2 Å². The zero-order chi connectivity index (χ0) is 12.6. The summed E-state index contributed by atoms with van der Waals surface area (Å²) in [5, 5.41) is 1.12. The van der Waals surface area contributed by atoms with E-state index in [4.69, 9.17) is 4.74 Å². The molecule has 0 aliphatic carbocycles. The number of carbonyl (C=O) groups excluding carboxylic acids is 1. The smallest absolute Gasteiger partial charge is 0.338 e. The van der Waals surface area contributed by atoms with Crippen molar-refractivity contribution in [3.8, 4) is 0 Å². The van der Waals surface area contributed by atoms with Gasteiger partial charge in [-0.05, 0) is 44.5 Å². The summed E-state index contributed by atoms with van der Waals surface area (Å²) in [6.07, 6.45) is 0. The van der Waals surface area contributed by atoms with Crippen LogP contribution in [0.3, 0.4) is 0 Å². The van der Waals surface area contributed by atoms with Crippen LogP contribution in [0.25, 0.3) is 10.9 Å². The number of esters is 1. The fraction of sp³-hybridized carbons (Fsp3) is 0.357. The van der Waals surface area contributed by atoms with Gasteiger partial charge in [-0.15, -0.1) is 0 Å². The first-order chi connectivity index (χ1) is 8.06. The summed E-state index contributed by atoms with van der Waals surface area (Å²) in [6, 6.07) is 5.70. The Hall–Kier alpha value is -1.77. The summed E-state index contributed by atoms with van der Waals surface area (Å²) < 4.78 is 7.15. The Morgan fingerprint density at radius 3 is 2.71 bits per heavy atom. The number of ether oxygens (including phenoxy) is 1. The molecule has 0 bridgehead atoms. The van der Waals surface area contributed by atoms with Gasteiger partial charge in [0.15, 0.2) is 0 Å². The number of fused-ring (bicyclic) bond motifs is 1. The van der Waals surface area contributed by atoms with Gasteiger partial charge in [0, 0.05) is 23.6 Å². The number of hydrogen-bond acceptors (Lipinski definition) is 2. The zero-order valence-corrected chi connectivity index (χ0v) is 10.7. The van der Waals surface area contributed by atoms with E-state index in [-0.39, 0.29) is 5.97 Å². The average Bonchev–Trinajstić information content (AvgIpc) is 2.55. The predicted octanol–water partition coefficient (Wildman–Crippen LogP) is 2.97. The highest BCUT2D eigenvalue weighted by atomic mass is 16.5. The number of rotatable bonds is 2. The largest absolute Gasteiger partial charge is 0.462 e. The molecule has 0 saturated heterocycles. The summed E-state index contributed by atoms with van der Waals surface area (Å²) in [5.41, 5.74) is 4.20. The second-order valence-corrected chi connectivity index (χ2v) is 4.22. The van der Waals surface area contributed by atoms with Crippen molar-refractivity contribution < 1.29 is 9.53 Å². The Bertz CT molecular complexity index is 581. The molecule has 0 fully saturated rings. The van der Waals surface area contributed by atoms with E-state index in [1.54, 1.807) is 0 Å². The van der Waals surface area contributed by atoms with Gasteiger partial charge in [-0.3, -0.25) is 0 Å². The van der Waals surface area contributed by atoms with Gasteiger partial charge in [0.2, 0.25) is 0 Å². The molecule has 3 nitrogen and oxygen atoms in total. The molecule has 1 aromatic heterocycles. The topological polar surface area (TPSA) is 31.2 Å². The molecule has 0 aliphatic heterocycles. The Kier molecular flexibility index (Phi) is 2.92. The van der Waals surface area contributed by atoms with Gasteiger partial charge in [0.25, 0.3) is 0 Å². The van der Waals surface area contributed by atoms with Crippen LogP contribution in [0, 0.1) is 13.8 Å². The van der Waals surface area contributed by atoms with Crippen LogP contribution >= 0.6 is 0 Å². The molecule has 0 radical (unpaired) electrons. The number of hydrogen-bond donors (Lipinski definition) is 0. The molecule has 0 amide bonds. The third kappa shape index (κ3) is 1.82. The van der Waals surface area contributed by atoms with Crippen molar-refractivity contribution in [2.75, 3.05) is 6.61 Å². The third-order valence-corrected chi connectivity index (χ3v) is 3.32. The van der Waals surface area contributed by atoms with E-state index >= 15 is 0 Å². The molecule has 2 rings (SSSR count). The van der Waals surface area contributed by atoms with E-state index in [1.165, 1.54) is 11.3 Å². The van der Waals surface area contributed by atoms with Crippen LogP contribution in [0.4, 0.5) is 0 Å². The van der Waals surface area contributed by atoms with Crippen molar-refractivity contribution in [1.29, 1.82) is 0 Å². The predicted molar refractivity (Wildman–Crippen MR) is 68.3 cm³/mol. The van der Waals surface area contributed by atoms with Gasteiger partial charge >= 0.3 is 5.97 Å². The molecular formula is C14H17NO2. The van der Waals surface area contributed by atoms with Crippen LogP contribution in [0.1, 0.15) is 28.5 Å². The number of benzene rings is 1. The normalized spacial score (nSPS) is 10.8. The first kappa shape index (κ1) is 11.7. The highest BCUT2D eigenvalue weighted by molar-refractivity contribution is 5.96. The molecule has 0 spiro atoms. The lowest BCUT2D eigenvalue weighted by atomic mass is 10.1. The van der Waals surface area contributed by atoms with Crippen molar-refractivity contribution in [3.05, 3.63) is 35.0 Å². The van der Waals surface area contributed by atoms with Crippen LogP contribution in [0.15, 0.2) is 18.2 Å². The fourth-order valence-electron chi connectivity index (χ4n) is 2.10. The van der Waals surface area contributed by atoms with Crippen molar-refractivity contribution in [3.63, 3.8) is 0 Å². The van der Waals surface area contributed by atoms with Gasteiger partial charge in [0.1, 0.15) is 0 Å². The molecule has 1 aromatic carbocycles.